The van der Waals surface area contributed by atoms with Gasteiger partial charge in [-0.3, -0.25) is 9.59 Å². The lowest BCUT2D eigenvalue weighted by Gasteiger charge is -2.11. The molecule has 0 saturated carbocycles. The van der Waals surface area contributed by atoms with Crippen LogP contribution in [-0.4, -0.2) is 29.8 Å². The molecule has 0 aliphatic heterocycles. The first-order valence-corrected chi connectivity index (χ1v) is 8.34. The number of hydrogen-bond acceptors (Lipinski definition) is 4. The highest BCUT2D eigenvalue weighted by Crippen LogP contribution is 2.12. The molecule has 2 aromatic rings. The molecule has 4 nitrogen and oxygen atoms in total. The van der Waals surface area contributed by atoms with E-state index in [1.54, 1.807) is 30.3 Å². The molecule has 132 valence electrons. The SMILES string of the molecule is NC[C@H](CC(=O)c1ccc(C#C/C=C/c2ccccc2)cc1)C(=O)CO. The van der Waals surface area contributed by atoms with Crippen LogP contribution in [0.2, 0.25) is 0 Å². The van der Waals surface area contributed by atoms with Gasteiger partial charge in [0.05, 0.1) is 0 Å². The Morgan fingerprint density at radius 1 is 1.08 bits per heavy atom. The Bertz CT molecular complexity index is 827. The molecule has 0 fully saturated rings. The van der Waals surface area contributed by atoms with Gasteiger partial charge in [-0.05, 0) is 29.8 Å². The molecule has 0 spiro atoms. The predicted molar refractivity (Wildman–Crippen MR) is 102 cm³/mol. The van der Waals surface area contributed by atoms with Gasteiger partial charge in [-0.1, -0.05) is 54.3 Å². The first-order valence-electron chi connectivity index (χ1n) is 8.34. The Labute approximate surface area is 153 Å². The normalized spacial score (nSPS) is 11.6. The Morgan fingerprint density at radius 2 is 1.77 bits per heavy atom. The van der Waals surface area contributed by atoms with Crippen molar-refractivity contribution in [2.75, 3.05) is 13.2 Å². The number of benzene rings is 2. The fourth-order valence-corrected chi connectivity index (χ4v) is 2.37. The molecule has 0 aromatic heterocycles. The van der Waals surface area contributed by atoms with Gasteiger partial charge < -0.3 is 10.8 Å². The molecule has 0 unspecified atom stereocenters. The van der Waals surface area contributed by atoms with Crippen molar-refractivity contribution in [2.45, 2.75) is 6.42 Å². The van der Waals surface area contributed by atoms with Gasteiger partial charge in [0.15, 0.2) is 11.6 Å². The van der Waals surface area contributed by atoms with Gasteiger partial charge in [0, 0.05) is 30.0 Å². The van der Waals surface area contributed by atoms with Gasteiger partial charge in [0.2, 0.25) is 0 Å². The fraction of sp³-hybridized carbons (Fsp3) is 0.182. The summed E-state index contributed by atoms with van der Waals surface area (Å²) in [5, 5.41) is 8.89. The van der Waals surface area contributed by atoms with Crippen molar-refractivity contribution in [1.82, 2.24) is 0 Å². The Hall–Kier alpha value is -3.00. The van der Waals surface area contributed by atoms with E-state index >= 15 is 0 Å². The smallest absolute Gasteiger partial charge is 0.163 e. The minimum Gasteiger partial charge on any atom is -0.389 e. The van der Waals surface area contributed by atoms with Gasteiger partial charge in [0.1, 0.15) is 6.61 Å². The van der Waals surface area contributed by atoms with Gasteiger partial charge in [-0.15, -0.1) is 0 Å². The summed E-state index contributed by atoms with van der Waals surface area (Å²) in [4.78, 5) is 23.7. The summed E-state index contributed by atoms with van der Waals surface area (Å²) in [6.07, 6.45) is 3.71. The number of carbonyl (C=O) groups excluding carboxylic acids is 2. The average Bonchev–Trinajstić information content (AvgIpc) is 2.70. The molecule has 0 amide bonds. The lowest BCUT2D eigenvalue weighted by molar-refractivity contribution is -0.125. The number of Topliss-reactive ketones (excluding diaryl/α,β-unsaturated/α-hetero) is 2. The van der Waals surface area contributed by atoms with Gasteiger partial charge in [-0.25, -0.2) is 0 Å². The number of aliphatic hydroxyl groups is 1. The molecule has 26 heavy (non-hydrogen) atoms. The molecule has 0 aliphatic rings. The van der Waals surface area contributed by atoms with Crippen molar-refractivity contribution in [3.05, 3.63) is 77.4 Å². The monoisotopic (exact) mass is 347 g/mol. The minimum atomic E-state index is -0.643. The highest BCUT2D eigenvalue weighted by Gasteiger charge is 2.20. The molecule has 3 N–H and O–H groups in total. The molecular weight excluding hydrogens is 326 g/mol. The van der Waals surface area contributed by atoms with E-state index < -0.39 is 18.3 Å². The number of rotatable bonds is 7. The van der Waals surface area contributed by atoms with Crippen LogP contribution in [0, 0.1) is 17.8 Å². The fourth-order valence-electron chi connectivity index (χ4n) is 2.37. The van der Waals surface area contributed by atoms with Crippen molar-refractivity contribution >= 4 is 17.6 Å². The van der Waals surface area contributed by atoms with Crippen LogP contribution in [0.3, 0.4) is 0 Å². The highest BCUT2D eigenvalue weighted by atomic mass is 16.3. The lowest BCUT2D eigenvalue weighted by Crippen LogP contribution is -2.28. The maximum absolute atomic E-state index is 12.2. The van der Waals surface area contributed by atoms with Gasteiger partial charge >= 0.3 is 0 Å². The first-order chi connectivity index (χ1) is 12.6. The van der Waals surface area contributed by atoms with E-state index in [2.05, 4.69) is 11.8 Å². The van der Waals surface area contributed by atoms with Crippen molar-refractivity contribution in [3.63, 3.8) is 0 Å². The third-order valence-corrected chi connectivity index (χ3v) is 3.91. The third-order valence-electron chi connectivity index (χ3n) is 3.91. The number of carbonyl (C=O) groups is 2. The second-order valence-electron chi connectivity index (χ2n) is 5.78. The molecule has 0 aliphatic carbocycles. The molecule has 2 aromatic carbocycles. The van der Waals surface area contributed by atoms with Gasteiger partial charge in [-0.2, -0.15) is 0 Å². The summed E-state index contributed by atoms with van der Waals surface area (Å²) < 4.78 is 0. The van der Waals surface area contributed by atoms with E-state index in [4.69, 9.17) is 10.8 Å². The summed E-state index contributed by atoms with van der Waals surface area (Å²) in [5.74, 6) is 4.74. The molecule has 2 rings (SSSR count). The van der Waals surface area contributed by atoms with Crippen LogP contribution in [0.25, 0.3) is 6.08 Å². The summed E-state index contributed by atoms with van der Waals surface area (Å²) in [5.41, 5.74) is 7.87. The summed E-state index contributed by atoms with van der Waals surface area (Å²) in [6, 6.07) is 16.8. The zero-order chi connectivity index (χ0) is 18.8. The second kappa shape index (κ2) is 10.1. The first kappa shape index (κ1) is 19.3. The molecular formula is C22H21NO3. The van der Waals surface area contributed by atoms with Crippen LogP contribution in [-0.2, 0) is 4.79 Å². The highest BCUT2D eigenvalue weighted by molar-refractivity contribution is 5.99. The van der Waals surface area contributed by atoms with E-state index in [-0.39, 0.29) is 18.7 Å². The lowest BCUT2D eigenvalue weighted by atomic mass is 9.94. The molecule has 0 heterocycles. The van der Waals surface area contributed by atoms with Crippen LogP contribution in [0.5, 0.6) is 0 Å². The van der Waals surface area contributed by atoms with E-state index in [1.165, 1.54) is 0 Å². The molecule has 0 radical (unpaired) electrons. The quantitative estimate of drug-likeness (QED) is 0.595. The van der Waals surface area contributed by atoms with Crippen LogP contribution in [0.15, 0.2) is 60.7 Å². The van der Waals surface area contributed by atoms with Crippen LogP contribution < -0.4 is 5.73 Å². The molecule has 1 atom stereocenters. The maximum Gasteiger partial charge on any atom is 0.163 e. The maximum atomic E-state index is 12.2. The Kier molecular flexibility index (Phi) is 7.50. The summed E-state index contributed by atoms with van der Waals surface area (Å²) >= 11 is 0. The van der Waals surface area contributed by atoms with E-state index in [0.29, 0.717) is 5.56 Å². The van der Waals surface area contributed by atoms with Crippen molar-refractivity contribution in [3.8, 4) is 11.8 Å². The van der Waals surface area contributed by atoms with Gasteiger partial charge in [0.25, 0.3) is 0 Å². The molecule has 0 saturated heterocycles. The zero-order valence-corrected chi connectivity index (χ0v) is 14.4. The van der Waals surface area contributed by atoms with Crippen molar-refractivity contribution in [2.24, 2.45) is 11.7 Å². The van der Waals surface area contributed by atoms with Crippen LogP contribution in [0.4, 0.5) is 0 Å². The average molecular weight is 347 g/mol. The number of nitrogens with two attached hydrogens (primary N) is 1. The second-order valence-corrected chi connectivity index (χ2v) is 5.78. The summed E-state index contributed by atoms with van der Waals surface area (Å²) in [6.45, 7) is -0.553. The largest absolute Gasteiger partial charge is 0.389 e. The Morgan fingerprint density at radius 3 is 2.38 bits per heavy atom. The standard InChI is InChI=1S/C22H21NO3/c23-15-20(22(26)16-24)14-21(25)19-12-10-18(11-13-19)9-5-4-8-17-6-2-1-3-7-17/h1-4,6-8,10-13,20,24H,14-16,23H2/b8-4+/t20-/m0/s1. The van der Waals surface area contributed by atoms with Crippen LogP contribution in [0.1, 0.15) is 27.9 Å². The van der Waals surface area contributed by atoms with E-state index in [1.807, 2.05) is 36.4 Å². The number of ketones is 2. The zero-order valence-electron chi connectivity index (χ0n) is 14.4. The van der Waals surface area contributed by atoms with E-state index in [0.717, 1.165) is 11.1 Å². The van der Waals surface area contributed by atoms with Crippen molar-refractivity contribution in [1.29, 1.82) is 0 Å². The number of hydrogen-bond donors (Lipinski definition) is 2. The van der Waals surface area contributed by atoms with Crippen LogP contribution >= 0.6 is 0 Å². The topological polar surface area (TPSA) is 80.4 Å². The number of allylic oxidation sites excluding steroid dienone is 1. The predicted octanol–water partition coefficient (Wildman–Crippen LogP) is 2.46. The van der Waals surface area contributed by atoms with Crippen molar-refractivity contribution < 1.29 is 14.7 Å². The molecule has 0 bridgehead atoms. The molecule has 4 heteroatoms. The summed E-state index contributed by atoms with van der Waals surface area (Å²) in [7, 11) is 0. The Balaban J connectivity index is 1.98. The minimum absolute atomic E-state index is 0.000726. The number of aliphatic hydroxyl groups excluding tert-OH is 1. The van der Waals surface area contributed by atoms with E-state index in [9.17, 15) is 9.59 Å². The third kappa shape index (κ3) is 5.82.